The van der Waals surface area contributed by atoms with Gasteiger partial charge in [0.25, 0.3) is 5.91 Å². The Morgan fingerprint density at radius 3 is 2.25 bits per heavy atom. The Kier molecular flexibility index (Phi) is 5.28. The van der Waals surface area contributed by atoms with Gasteiger partial charge >= 0.3 is 6.03 Å². The lowest BCUT2D eigenvalue weighted by Gasteiger charge is -2.15. The molecule has 0 radical (unpaired) electrons. The monoisotopic (exact) mass is 335 g/mol. The van der Waals surface area contributed by atoms with Gasteiger partial charge in [0.1, 0.15) is 24.1 Å². The number of imide groups is 1. The van der Waals surface area contributed by atoms with Crippen LogP contribution in [0, 0.1) is 5.92 Å². The van der Waals surface area contributed by atoms with E-state index in [2.05, 4.69) is 10.6 Å². The molecule has 1 fully saturated rings. The molecule has 8 heteroatoms. The van der Waals surface area contributed by atoms with E-state index in [1.54, 1.807) is 18.2 Å². The average molecular weight is 335 g/mol. The summed E-state index contributed by atoms with van der Waals surface area (Å²) in [5.41, 5.74) is 0.448. The fraction of sp³-hybridized carbons (Fsp3) is 0.438. The average Bonchev–Trinajstić information content (AvgIpc) is 2.82. The van der Waals surface area contributed by atoms with Crippen LogP contribution in [0.25, 0.3) is 0 Å². The summed E-state index contributed by atoms with van der Waals surface area (Å²) in [4.78, 5) is 37.1. The SMILES string of the molecule is COc1cc(NC(=O)CN2C(=O)N[C@H](C(C)C)C2=O)cc(OC)c1. The van der Waals surface area contributed by atoms with Crippen LogP contribution in [0.1, 0.15) is 13.8 Å². The molecular formula is C16H21N3O5. The highest BCUT2D eigenvalue weighted by Crippen LogP contribution is 2.25. The van der Waals surface area contributed by atoms with Gasteiger partial charge in [-0.1, -0.05) is 13.8 Å². The number of urea groups is 1. The molecule has 1 heterocycles. The van der Waals surface area contributed by atoms with Gasteiger partial charge in [-0.15, -0.1) is 0 Å². The Morgan fingerprint density at radius 1 is 1.21 bits per heavy atom. The molecule has 0 aliphatic carbocycles. The second-order valence-corrected chi connectivity index (χ2v) is 5.75. The van der Waals surface area contributed by atoms with Crippen LogP contribution in [0.3, 0.4) is 0 Å². The number of nitrogens with zero attached hydrogens (tertiary/aromatic N) is 1. The van der Waals surface area contributed by atoms with Gasteiger partial charge in [-0.25, -0.2) is 4.79 Å². The standard InChI is InChI=1S/C16H21N3O5/c1-9(2)14-15(21)19(16(22)18-14)8-13(20)17-10-5-11(23-3)7-12(6-10)24-4/h5-7,9,14H,8H2,1-4H3,(H,17,20)(H,18,22)/t14-/m1/s1. The van der Waals surface area contributed by atoms with Gasteiger partial charge in [0.2, 0.25) is 5.91 Å². The number of hydrogen-bond donors (Lipinski definition) is 2. The number of nitrogens with one attached hydrogen (secondary N) is 2. The number of benzene rings is 1. The van der Waals surface area contributed by atoms with E-state index in [0.29, 0.717) is 17.2 Å². The van der Waals surface area contributed by atoms with Crippen molar-refractivity contribution in [2.45, 2.75) is 19.9 Å². The summed E-state index contributed by atoms with van der Waals surface area (Å²) >= 11 is 0. The van der Waals surface area contributed by atoms with Crippen molar-refractivity contribution in [2.75, 3.05) is 26.1 Å². The van der Waals surface area contributed by atoms with Crippen molar-refractivity contribution in [2.24, 2.45) is 5.92 Å². The van der Waals surface area contributed by atoms with Crippen LogP contribution in [0.5, 0.6) is 11.5 Å². The minimum atomic E-state index is -0.595. The Hall–Kier alpha value is -2.77. The van der Waals surface area contributed by atoms with Gasteiger partial charge in [-0.2, -0.15) is 0 Å². The van der Waals surface area contributed by atoms with Crippen LogP contribution in [0.15, 0.2) is 18.2 Å². The van der Waals surface area contributed by atoms with Crippen molar-refractivity contribution in [1.82, 2.24) is 10.2 Å². The maximum Gasteiger partial charge on any atom is 0.325 e. The lowest BCUT2D eigenvalue weighted by atomic mass is 10.1. The molecule has 1 aliphatic heterocycles. The molecule has 2 rings (SSSR count). The van der Waals surface area contributed by atoms with E-state index in [0.717, 1.165) is 4.90 Å². The number of methoxy groups -OCH3 is 2. The molecular weight excluding hydrogens is 314 g/mol. The Labute approximate surface area is 140 Å². The lowest BCUT2D eigenvalue weighted by molar-refractivity contribution is -0.131. The predicted octanol–water partition coefficient (Wildman–Crippen LogP) is 1.22. The highest BCUT2D eigenvalue weighted by molar-refractivity contribution is 6.08. The summed E-state index contributed by atoms with van der Waals surface area (Å²) in [6, 6.07) is 3.74. The fourth-order valence-electron chi connectivity index (χ4n) is 2.37. The fourth-order valence-corrected chi connectivity index (χ4v) is 2.37. The molecule has 1 aromatic carbocycles. The van der Waals surface area contributed by atoms with E-state index in [9.17, 15) is 14.4 Å². The van der Waals surface area contributed by atoms with Crippen molar-refractivity contribution >= 4 is 23.5 Å². The molecule has 0 unspecified atom stereocenters. The van der Waals surface area contributed by atoms with E-state index < -0.39 is 23.9 Å². The molecule has 1 aromatic rings. The Balaban J connectivity index is 2.06. The summed E-state index contributed by atoms with van der Waals surface area (Å²) in [5.74, 6) is 0.0998. The third-order valence-electron chi connectivity index (χ3n) is 3.66. The van der Waals surface area contributed by atoms with Crippen molar-refractivity contribution in [3.63, 3.8) is 0 Å². The van der Waals surface area contributed by atoms with Gasteiger partial charge < -0.3 is 20.1 Å². The van der Waals surface area contributed by atoms with Crippen LogP contribution < -0.4 is 20.1 Å². The van der Waals surface area contributed by atoms with Gasteiger partial charge in [0, 0.05) is 23.9 Å². The first-order valence-corrected chi connectivity index (χ1v) is 7.50. The molecule has 0 saturated carbocycles. The van der Waals surface area contributed by atoms with Gasteiger partial charge in [0.05, 0.1) is 14.2 Å². The summed E-state index contributed by atoms with van der Waals surface area (Å²) in [6.45, 7) is 3.30. The van der Waals surface area contributed by atoms with E-state index in [1.807, 2.05) is 13.8 Å². The first-order valence-electron chi connectivity index (χ1n) is 7.50. The zero-order chi connectivity index (χ0) is 17.9. The first-order chi connectivity index (χ1) is 11.3. The number of anilines is 1. The predicted molar refractivity (Wildman–Crippen MR) is 87.0 cm³/mol. The third-order valence-corrected chi connectivity index (χ3v) is 3.66. The molecule has 1 aliphatic rings. The molecule has 8 nitrogen and oxygen atoms in total. The molecule has 0 spiro atoms. The summed E-state index contributed by atoms with van der Waals surface area (Å²) in [5, 5.41) is 5.21. The maximum absolute atomic E-state index is 12.2. The maximum atomic E-state index is 12.2. The number of rotatable bonds is 6. The lowest BCUT2D eigenvalue weighted by Crippen LogP contribution is -2.39. The zero-order valence-corrected chi connectivity index (χ0v) is 14.1. The zero-order valence-electron chi connectivity index (χ0n) is 14.1. The van der Waals surface area contributed by atoms with Crippen LogP contribution in [0.2, 0.25) is 0 Å². The van der Waals surface area contributed by atoms with Gasteiger partial charge in [-0.05, 0) is 5.92 Å². The molecule has 24 heavy (non-hydrogen) atoms. The van der Waals surface area contributed by atoms with Gasteiger partial charge in [-0.3, -0.25) is 14.5 Å². The number of carbonyl (C=O) groups is 3. The largest absolute Gasteiger partial charge is 0.497 e. The highest BCUT2D eigenvalue weighted by Gasteiger charge is 2.40. The molecule has 2 N–H and O–H groups in total. The van der Waals surface area contributed by atoms with E-state index in [1.165, 1.54) is 14.2 Å². The second-order valence-electron chi connectivity index (χ2n) is 5.75. The molecule has 1 atom stereocenters. The topological polar surface area (TPSA) is 97.0 Å². The van der Waals surface area contributed by atoms with Crippen molar-refractivity contribution in [3.05, 3.63) is 18.2 Å². The van der Waals surface area contributed by atoms with E-state index in [4.69, 9.17) is 9.47 Å². The highest BCUT2D eigenvalue weighted by atomic mass is 16.5. The second kappa shape index (κ2) is 7.20. The normalized spacial score (nSPS) is 17.0. The number of carbonyl (C=O) groups excluding carboxylic acids is 3. The summed E-state index contributed by atoms with van der Waals surface area (Å²) < 4.78 is 10.3. The van der Waals surface area contributed by atoms with Crippen molar-refractivity contribution in [3.8, 4) is 11.5 Å². The smallest absolute Gasteiger partial charge is 0.325 e. The third kappa shape index (κ3) is 3.76. The van der Waals surface area contributed by atoms with Crippen LogP contribution in [-0.4, -0.2) is 49.6 Å². The Morgan fingerprint density at radius 2 is 1.79 bits per heavy atom. The van der Waals surface area contributed by atoms with Crippen LogP contribution >= 0.6 is 0 Å². The molecule has 130 valence electrons. The Bertz CT molecular complexity index is 637. The van der Waals surface area contributed by atoms with E-state index >= 15 is 0 Å². The molecule has 0 bridgehead atoms. The number of hydrogen-bond acceptors (Lipinski definition) is 5. The van der Waals surface area contributed by atoms with Crippen molar-refractivity contribution < 1.29 is 23.9 Å². The van der Waals surface area contributed by atoms with Crippen LogP contribution in [-0.2, 0) is 9.59 Å². The molecule has 4 amide bonds. The number of ether oxygens (including phenoxy) is 2. The quantitative estimate of drug-likeness (QED) is 0.762. The minimum absolute atomic E-state index is 0.0443. The number of amides is 4. The molecule has 1 saturated heterocycles. The van der Waals surface area contributed by atoms with Crippen molar-refractivity contribution in [1.29, 1.82) is 0 Å². The first kappa shape index (κ1) is 17.6. The summed E-state index contributed by atoms with van der Waals surface area (Å²) in [6.07, 6.45) is 0. The molecule has 0 aromatic heterocycles. The van der Waals surface area contributed by atoms with Crippen LogP contribution in [0.4, 0.5) is 10.5 Å². The minimum Gasteiger partial charge on any atom is -0.497 e. The van der Waals surface area contributed by atoms with E-state index in [-0.39, 0.29) is 12.5 Å². The summed E-state index contributed by atoms with van der Waals surface area (Å²) in [7, 11) is 3.00. The van der Waals surface area contributed by atoms with Gasteiger partial charge in [0.15, 0.2) is 0 Å².